The van der Waals surface area contributed by atoms with Gasteiger partial charge in [0.2, 0.25) is 5.91 Å². The third-order valence-electron chi connectivity index (χ3n) is 1.96. The van der Waals surface area contributed by atoms with Crippen LogP contribution in [-0.4, -0.2) is 23.7 Å². The van der Waals surface area contributed by atoms with Crippen molar-refractivity contribution in [2.24, 2.45) is 0 Å². The number of hydrogen-bond donors (Lipinski definition) is 2. The Morgan fingerprint density at radius 1 is 1.47 bits per heavy atom. The van der Waals surface area contributed by atoms with Crippen LogP contribution in [0.2, 0.25) is 5.02 Å². The molecule has 15 heavy (non-hydrogen) atoms. The molecule has 0 aliphatic rings. The van der Waals surface area contributed by atoms with Gasteiger partial charge in [-0.15, -0.1) is 0 Å². The number of amides is 1. The Labute approximate surface area is 94.1 Å². The van der Waals surface area contributed by atoms with Crippen molar-refractivity contribution in [2.75, 3.05) is 6.61 Å². The molecule has 0 aromatic heterocycles. The second-order valence-electron chi connectivity index (χ2n) is 3.45. The van der Waals surface area contributed by atoms with Gasteiger partial charge < -0.3 is 10.4 Å². The van der Waals surface area contributed by atoms with Crippen LogP contribution in [0.15, 0.2) is 24.3 Å². The Bertz CT molecular complexity index is 324. The number of aliphatic hydroxyl groups is 1. The van der Waals surface area contributed by atoms with Crippen LogP contribution in [0.1, 0.15) is 12.5 Å². The van der Waals surface area contributed by atoms with Crippen LogP contribution in [0.4, 0.5) is 0 Å². The zero-order valence-corrected chi connectivity index (χ0v) is 9.29. The fourth-order valence-electron chi connectivity index (χ4n) is 1.16. The summed E-state index contributed by atoms with van der Waals surface area (Å²) in [5.41, 5.74) is 0.905. The molecule has 1 aromatic rings. The Hall–Kier alpha value is -1.06. The zero-order valence-electron chi connectivity index (χ0n) is 8.53. The number of benzene rings is 1. The Balaban J connectivity index is 2.48. The molecular weight excluding hydrogens is 214 g/mol. The molecule has 2 N–H and O–H groups in total. The minimum absolute atomic E-state index is 0.0492. The first-order valence-corrected chi connectivity index (χ1v) is 5.14. The molecular formula is C11H14ClNO2. The fraction of sp³-hybridized carbons (Fsp3) is 0.364. The van der Waals surface area contributed by atoms with E-state index in [1.807, 2.05) is 12.1 Å². The van der Waals surface area contributed by atoms with Gasteiger partial charge >= 0.3 is 0 Å². The van der Waals surface area contributed by atoms with Crippen LogP contribution in [-0.2, 0) is 11.2 Å². The van der Waals surface area contributed by atoms with Crippen LogP contribution in [0.5, 0.6) is 0 Å². The van der Waals surface area contributed by atoms with Crippen molar-refractivity contribution in [2.45, 2.75) is 19.4 Å². The van der Waals surface area contributed by atoms with Gasteiger partial charge in [-0.2, -0.15) is 0 Å². The zero-order chi connectivity index (χ0) is 11.3. The van der Waals surface area contributed by atoms with E-state index in [0.717, 1.165) is 5.56 Å². The molecule has 0 bridgehead atoms. The van der Waals surface area contributed by atoms with Crippen LogP contribution >= 0.6 is 11.6 Å². The van der Waals surface area contributed by atoms with Crippen molar-refractivity contribution >= 4 is 17.5 Å². The molecule has 0 aliphatic heterocycles. The summed E-state index contributed by atoms with van der Waals surface area (Å²) < 4.78 is 0. The molecule has 0 aliphatic carbocycles. The number of nitrogens with one attached hydrogen (secondary N) is 1. The van der Waals surface area contributed by atoms with Crippen LogP contribution in [0.3, 0.4) is 0 Å². The van der Waals surface area contributed by atoms with E-state index in [1.54, 1.807) is 19.1 Å². The second kappa shape index (κ2) is 5.73. The van der Waals surface area contributed by atoms with Crippen molar-refractivity contribution in [3.63, 3.8) is 0 Å². The summed E-state index contributed by atoms with van der Waals surface area (Å²) in [5.74, 6) is -0.0983. The Morgan fingerprint density at radius 2 is 2.07 bits per heavy atom. The summed E-state index contributed by atoms with van der Waals surface area (Å²) in [6.45, 7) is 1.70. The highest BCUT2D eigenvalue weighted by Gasteiger charge is 2.06. The molecule has 82 valence electrons. The first-order valence-electron chi connectivity index (χ1n) is 4.76. The van der Waals surface area contributed by atoms with E-state index >= 15 is 0 Å². The topological polar surface area (TPSA) is 49.3 Å². The van der Waals surface area contributed by atoms with Gasteiger partial charge in [0.1, 0.15) is 0 Å². The smallest absolute Gasteiger partial charge is 0.224 e. The fourth-order valence-corrected chi connectivity index (χ4v) is 1.29. The molecule has 3 nitrogen and oxygen atoms in total. The lowest BCUT2D eigenvalue weighted by molar-refractivity contribution is -0.121. The number of carbonyl (C=O) groups excluding carboxylic acids is 1. The molecule has 0 radical (unpaired) electrons. The molecule has 0 heterocycles. The molecule has 4 heteroatoms. The van der Waals surface area contributed by atoms with Crippen molar-refractivity contribution < 1.29 is 9.90 Å². The van der Waals surface area contributed by atoms with Gasteiger partial charge in [0.05, 0.1) is 13.0 Å². The SMILES string of the molecule is CC(CO)NC(=O)Cc1ccc(Cl)cc1. The lowest BCUT2D eigenvalue weighted by Gasteiger charge is -2.10. The van der Waals surface area contributed by atoms with Crippen LogP contribution in [0.25, 0.3) is 0 Å². The first-order chi connectivity index (χ1) is 7.11. The predicted molar refractivity (Wildman–Crippen MR) is 59.8 cm³/mol. The molecule has 0 saturated carbocycles. The Morgan fingerprint density at radius 3 is 2.60 bits per heavy atom. The predicted octanol–water partition coefficient (Wildman–Crippen LogP) is 1.38. The van der Waals surface area contributed by atoms with Gasteiger partial charge in [0.25, 0.3) is 0 Å². The maximum absolute atomic E-state index is 11.4. The van der Waals surface area contributed by atoms with Crippen molar-refractivity contribution in [1.29, 1.82) is 0 Å². The summed E-state index contributed by atoms with van der Waals surface area (Å²) in [4.78, 5) is 11.4. The standard InChI is InChI=1S/C11H14ClNO2/c1-8(7-14)13-11(15)6-9-2-4-10(12)5-3-9/h2-5,8,14H,6-7H2,1H3,(H,13,15). The maximum Gasteiger partial charge on any atom is 0.224 e. The number of rotatable bonds is 4. The van der Waals surface area contributed by atoms with E-state index < -0.39 is 0 Å². The van der Waals surface area contributed by atoms with Gasteiger partial charge in [-0.1, -0.05) is 23.7 Å². The summed E-state index contributed by atoms with van der Waals surface area (Å²) in [6.07, 6.45) is 0.307. The third-order valence-corrected chi connectivity index (χ3v) is 2.21. The molecule has 1 rings (SSSR count). The number of halogens is 1. The van der Waals surface area contributed by atoms with E-state index in [9.17, 15) is 4.79 Å². The van der Waals surface area contributed by atoms with Gasteiger partial charge in [-0.25, -0.2) is 0 Å². The van der Waals surface area contributed by atoms with Gasteiger partial charge in [0.15, 0.2) is 0 Å². The van der Waals surface area contributed by atoms with Gasteiger partial charge in [0, 0.05) is 11.1 Å². The number of hydrogen-bond acceptors (Lipinski definition) is 2. The maximum atomic E-state index is 11.4. The molecule has 1 amide bonds. The summed E-state index contributed by atoms with van der Waals surface area (Å²) in [6, 6.07) is 6.92. The van der Waals surface area contributed by atoms with E-state index in [4.69, 9.17) is 16.7 Å². The number of aliphatic hydroxyl groups excluding tert-OH is 1. The quantitative estimate of drug-likeness (QED) is 0.817. The molecule has 0 saturated heterocycles. The lowest BCUT2D eigenvalue weighted by Crippen LogP contribution is -2.35. The summed E-state index contributed by atoms with van der Waals surface area (Å²) >= 11 is 5.72. The monoisotopic (exact) mass is 227 g/mol. The van der Waals surface area contributed by atoms with E-state index in [-0.39, 0.29) is 18.6 Å². The van der Waals surface area contributed by atoms with Crippen molar-refractivity contribution in [3.05, 3.63) is 34.9 Å². The molecule has 0 fully saturated rings. The summed E-state index contributed by atoms with van der Waals surface area (Å²) in [5, 5.41) is 12.1. The normalized spacial score (nSPS) is 12.2. The Kier molecular flexibility index (Phi) is 4.59. The van der Waals surface area contributed by atoms with Crippen molar-refractivity contribution in [3.8, 4) is 0 Å². The van der Waals surface area contributed by atoms with E-state index in [1.165, 1.54) is 0 Å². The molecule has 1 aromatic carbocycles. The van der Waals surface area contributed by atoms with Crippen LogP contribution < -0.4 is 5.32 Å². The first kappa shape index (κ1) is 12.0. The molecule has 1 atom stereocenters. The molecule has 1 unspecified atom stereocenters. The van der Waals surface area contributed by atoms with Gasteiger partial charge in [-0.3, -0.25) is 4.79 Å². The summed E-state index contributed by atoms with van der Waals surface area (Å²) in [7, 11) is 0. The number of carbonyl (C=O) groups is 1. The average Bonchev–Trinajstić information content (AvgIpc) is 2.21. The van der Waals surface area contributed by atoms with Crippen molar-refractivity contribution in [1.82, 2.24) is 5.32 Å². The minimum Gasteiger partial charge on any atom is -0.394 e. The second-order valence-corrected chi connectivity index (χ2v) is 3.89. The third kappa shape index (κ3) is 4.32. The highest BCUT2D eigenvalue weighted by molar-refractivity contribution is 6.30. The van der Waals surface area contributed by atoms with Gasteiger partial charge in [-0.05, 0) is 24.6 Å². The van der Waals surface area contributed by atoms with E-state index in [2.05, 4.69) is 5.32 Å². The lowest BCUT2D eigenvalue weighted by atomic mass is 10.1. The highest BCUT2D eigenvalue weighted by atomic mass is 35.5. The average molecular weight is 228 g/mol. The highest BCUT2D eigenvalue weighted by Crippen LogP contribution is 2.09. The van der Waals surface area contributed by atoms with E-state index in [0.29, 0.717) is 11.4 Å². The minimum atomic E-state index is -0.204. The largest absolute Gasteiger partial charge is 0.394 e. The van der Waals surface area contributed by atoms with Crippen LogP contribution in [0, 0.1) is 0 Å². The molecule has 0 spiro atoms.